The molecule has 2 aromatic rings. The summed E-state index contributed by atoms with van der Waals surface area (Å²) in [6.07, 6.45) is 1.03. The number of ether oxygens (including phenoxy) is 2. The monoisotopic (exact) mass is 440 g/mol. The van der Waals surface area contributed by atoms with Crippen LogP contribution in [0, 0.1) is 13.8 Å². The number of nitrogens with zero attached hydrogens (tertiary/aromatic N) is 1. The minimum atomic E-state index is -3.69. The van der Waals surface area contributed by atoms with E-state index in [0.29, 0.717) is 11.5 Å². The van der Waals surface area contributed by atoms with Crippen LogP contribution in [0.2, 0.25) is 5.02 Å². The van der Waals surface area contributed by atoms with E-state index < -0.39 is 15.9 Å². The number of anilines is 1. The van der Waals surface area contributed by atoms with Gasteiger partial charge in [0.15, 0.2) is 0 Å². The molecule has 0 aromatic heterocycles. The molecular formula is C20H25ClN2O5S. The number of benzene rings is 2. The van der Waals surface area contributed by atoms with Crippen LogP contribution >= 0.6 is 11.6 Å². The van der Waals surface area contributed by atoms with Crippen molar-refractivity contribution >= 4 is 33.2 Å². The summed E-state index contributed by atoms with van der Waals surface area (Å²) in [7, 11) is -2.23. The Labute approximate surface area is 176 Å². The zero-order valence-corrected chi connectivity index (χ0v) is 18.4. The Morgan fingerprint density at radius 2 is 1.86 bits per heavy atom. The second-order valence-electron chi connectivity index (χ2n) is 6.53. The molecule has 0 unspecified atom stereocenters. The molecule has 1 amide bonds. The highest BCUT2D eigenvalue weighted by Crippen LogP contribution is 2.30. The Bertz CT molecular complexity index is 979. The second kappa shape index (κ2) is 9.84. The fourth-order valence-corrected chi connectivity index (χ4v) is 3.66. The van der Waals surface area contributed by atoms with Crippen LogP contribution in [-0.2, 0) is 14.8 Å². The van der Waals surface area contributed by atoms with Crippen molar-refractivity contribution in [2.75, 3.05) is 37.4 Å². The lowest BCUT2D eigenvalue weighted by Crippen LogP contribution is -2.41. The van der Waals surface area contributed by atoms with Gasteiger partial charge in [-0.05, 0) is 55.3 Å². The Morgan fingerprint density at radius 1 is 1.14 bits per heavy atom. The molecule has 0 atom stereocenters. The molecule has 0 aliphatic heterocycles. The van der Waals surface area contributed by atoms with Crippen molar-refractivity contribution in [3.8, 4) is 11.5 Å². The van der Waals surface area contributed by atoms with Gasteiger partial charge in [0.25, 0.3) is 0 Å². The van der Waals surface area contributed by atoms with Gasteiger partial charge in [-0.2, -0.15) is 0 Å². The topological polar surface area (TPSA) is 84.9 Å². The van der Waals surface area contributed by atoms with E-state index in [1.165, 1.54) is 24.8 Å². The number of hydrogen-bond acceptors (Lipinski definition) is 5. The molecule has 2 aromatic carbocycles. The van der Waals surface area contributed by atoms with E-state index in [1.807, 2.05) is 32.0 Å². The van der Waals surface area contributed by atoms with E-state index >= 15 is 0 Å². The lowest BCUT2D eigenvalue weighted by molar-refractivity contribution is -0.119. The van der Waals surface area contributed by atoms with Gasteiger partial charge in [0, 0.05) is 0 Å². The number of hydrogen-bond donors (Lipinski definition) is 1. The molecule has 0 bridgehead atoms. The minimum Gasteiger partial charge on any atom is -0.495 e. The molecule has 7 nitrogen and oxygen atoms in total. The summed E-state index contributed by atoms with van der Waals surface area (Å²) in [6.45, 7) is 4.15. The van der Waals surface area contributed by atoms with Crippen molar-refractivity contribution in [2.45, 2.75) is 13.8 Å². The normalized spacial score (nSPS) is 11.1. The van der Waals surface area contributed by atoms with Gasteiger partial charge in [-0.3, -0.25) is 9.10 Å². The van der Waals surface area contributed by atoms with Crippen LogP contribution in [-0.4, -0.2) is 47.4 Å². The Morgan fingerprint density at radius 3 is 2.45 bits per heavy atom. The van der Waals surface area contributed by atoms with Crippen molar-refractivity contribution < 1.29 is 22.7 Å². The van der Waals surface area contributed by atoms with Crippen molar-refractivity contribution in [1.29, 1.82) is 0 Å². The first kappa shape index (κ1) is 22.8. The highest BCUT2D eigenvalue weighted by Gasteiger charge is 2.21. The van der Waals surface area contributed by atoms with Gasteiger partial charge in [-0.25, -0.2) is 8.42 Å². The van der Waals surface area contributed by atoms with Gasteiger partial charge in [0.1, 0.15) is 24.7 Å². The quantitative estimate of drug-likeness (QED) is 0.606. The first-order valence-corrected chi connectivity index (χ1v) is 11.1. The standard InChI is InChI=1S/C20H25ClN2O5S/c1-14-5-7-17(11-15(14)2)28-10-9-22-20(24)13-23(29(4,25)26)16-6-8-19(27-3)18(21)12-16/h5-8,11-12H,9-10,13H2,1-4H3,(H,22,24). The Hall–Kier alpha value is -2.45. The fraction of sp³-hybridized carbons (Fsp3) is 0.350. The summed E-state index contributed by atoms with van der Waals surface area (Å²) < 4.78 is 36.0. The molecule has 29 heavy (non-hydrogen) atoms. The second-order valence-corrected chi connectivity index (χ2v) is 8.85. The highest BCUT2D eigenvalue weighted by molar-refractivity contribution is 7.92. The smallest absolute Gasteiger partial charge is 0.240 e. The maximum atomic E-state index is 12.3. The van der Waals surface area contributed by atoms with E-state index in [9.17, 15) is 13.2 Å². The zero-order chi connectivity index (χ0) is 21.6. The van der Waals surface area contributed by atoms with Crippen LogP contribution in [0.3, 0.4) is 0 Å². The zero-order valence-electron chi connectivity index (χ0n) is 16.9. The Kier molecular flexibility index (Phi) is 7.75. The lowest BCUT2D eigenvalue weighted by atomic mass is 10.1. The average molecular weight is 441 g/mol. The van der Waals surface area contributed by atoms with E-state index in [1.54, 1.807) is 6.07 Å². The number of methoxy groups -OCH3 is 1. The predicted molar refractivity (Wildman–Crippen MR) is 115 cm³/mol. The molecule has 0 spiro atoms. The van der Waals surface area contributed by atoms with Crippen molar-refractivity contribution in [3.05, 3.63) is 52.5 Å². The summed E-state index contributed by atoms with van der Waals surface area (Å²) in [5.74, 6) is 0.677. The number of halogens is 1. The molecule has 0 radical (unpaired) electrons. The van der Waals surface area contributed by atoms with Crippen molar-refractivity contribution in [3.63, 3.8) is 0 Å². The van der Waals surface area contributed by atoms with Crippen LogP contribution in [0.4, 0.5) is 5.69 Å². The summed E-state index contributed by atoms with van der Waals surface area (Å²) in [5, 5.41) is 2.91. The lowest BCUT2D eigenvalue weighted by Gasteiger charge is -2.22. The summed E-state index contributed by atoms with van der Waals surface area (Å²) in [5.41, 5.74) is 2.57. The molecule has 9 heteroatoms. The molecule has 0 aliphatic carbocycles. The SMILES string of the molecule is COc1ccc(N(CC(=O)NCCOc2ccc(C)c(C)c2)S(C)(=O)=O)cc1Cl. The molecule has 0 heterocycles. The number of amides is 1. The maximum absolute atomic E-state index is 12.3. The summed E-state index contributed by atoms with van der Waals surface area (Å²) >= 11 is 6.08. The highest BCUT2D eigenvalue weighted by atomic mass is 35.5. The average Bonchev–Trinajstić information content (AvgIpc) is 2.65. The van der Waals surface area contributed by atoms with Gasteiger partial charge in [0.2, 0.25) is 15.9 Å². The number of rotatable bonds is 9. The number of nitrogens with one attached hydrogen (secondary N) is 1. The molecule has 0 saturated heterocycles. The third-order valence-corrected chi connectivity index (χ3v) is 5.72. The molecular weight excluding hydrogens is 416 g/mol. The van der Waals surface area contributed by atoms with E-state index in [-0.39, 0.29) is 30.4 Å². The van der Waals surface area contributed by atoms with Crippen LogP contribution in [0.5, 0.6) is 11.5 Å². The summed E-state index contributed by atoms with van der Waals surface area (Å²) in [6, 6.07) is 10.3. The Balaban J connectivity index is 1.94. The van der Waals surface area contributed by atoms with Gasteiger partial charge in [-0.1, -0.05) is 17.7 Å². The molecule has 2 rings (SSSR count). The van der Waals surface area contributed by atoms with Crippen LogP contribution in [0.15, 0.2) is 36.4 Å². The molecule has 0 fully saturated rings. The fourth-order valence-electron chi connectivity index (χ4n) is 2.56. The molecule has 1 N–H and O–H groups in total. The van der Waals surface area contributed by atoms with Gasteiger partial charge < -0.3 is 14.8 Å². The predicted octanol–water partition coefficient (Wildman–Crippen LogP) is 2.93. The van der Waals surface area contributed by atoms with E-state index in [4.69, 9.17) is 21.1 Å². The van der Waals surface area contributed by atoms with Gasteiger partial charge >= 0.3 is 0 Å². The first-order valence-electron chi connectivity index (χ1n) is 8.90. The summed E-state index contributed by atoms with van der Waals surface area (Å²) in [4.78, 5) is 12.3. The minimum absolute atomic E-state index is 0.243. The van der Waals surface area contributed by atoms with Crippen LogP contribution < -0.4 is 19.1 Å². The van der Waals surface area contributed by atoms with Crippen LogP contribution in [0.1, 0.15) is 11.1 Å². The van der Waals surface area contributed by atoms with Crippen LogP contribution in [0.25, 0.3) is 0 Å². The largest absolute Gasteiger partial charge is 0.495 e. The number of carbonyl (C=O) groups excluding carboxylic acids is 1. The molecule has 0 saturated carbocycles. The van der Waals surface area contributed by atoms with E-state index in [0.717, 1.165) is 16.1 Å². The number of aryl methyl sites for hydroxylation is 2. The van der Waals surface area contributed by atoms with Gasteiger partial charge in [-0.15, -0.1) is 0 Å². The third-order valence-electron chi connectivity index (χ3n) is 4.28. The van der Waals surface area contributed by atoms with E-state index in [2.05, 4.69) is 5.32 Å². The van der Waals surface area contributed by atoms with Crippen molar-refractivity contribution in [2.24, 2.45) is 0 Å². The number of carbonyl (C=O) groups is 1. The third kappa shape index (κ3) is 6.54. The van der Waals surface area contributed by atoms with Crippen molar-refractivity contribution in [1.82, 2.24) is 5.32 Å². The maximum Gasteiger partial charge on any atom is 0.240 e. The van der Waals surface area contributed by atoms with Gasteiger partial charge in [0.05, 0.1) is 30.6 Å². The number of sulfonamides is 1. The first-order chi connectivity index (χ1) is 13.6. The molecule has 0 aliphatic rings. The molecule has 158 valence electrons.